The Hall–Kier alpha value is -1.47. The van der Waals surface area contributed by atoms with Gasteiger partial charge in [-0.05, 0) is 54.3 Å². The Morgan fingerprint density at radius 1 is 1.57 bits per heavy atom. The van der Waals surface area contributed by atoms with Gasteiger partial charge in [0.2, 0.25) is 0 Å². The van der Waals surface area contributed by atoms with Gasteiger partial charge in [-0.1, -0.05) is 0 Å². The summed E-state index contributed by atoms with van der Waals surface area (Å²) in [7, 11) is 1.90. The lowest BCUT2D eigenvalue weighted by atomic mass is 9.97. The minimum Gasteiger partial charge on any atom is -0.338 e. The number of halogens is 1. The molecular weight excluding hydrogens is 338 g/mol. The Labute approximate surface area is 131 Å². The summed E-state index contributed by atoms with van der Waals surface area (Å²) in [5, 5.41) is 14.0. The molecule has 1 aromatic carbocycles. The summed E-state index contributed by atoms with van der Waals surface area (Å²) in [5.41, 5.74) is 0.291. The summed E-state index contributed by atoms with van der Waals surface area (Å²) >= 11 is 3.31. The van der Waals surface area contributed by atoms with E-state index in [4.69, 9.17) is 0 Å². The van der Waals surface area contributed by atoms with E-state index in [0.717, 1.165) is 19.4 Å². The number of nitro groups is 1. The highest BCUT2D eigenvalue weighted by atomic mass is 79.9. The zero-order valence-corrected chi connectivity index (χ0v) is 13.4. The number of nitrogens with one attached hydrogen (secondary N) is 1. The molecule has 0 aliphatic carbocycles. The van der Waals surface area contributed by atoms with Gasteiger partial charge in [-0.15, -0.1) is 0 Å². The number of rotatable bonds is 4. The van der Waals surface area contributed by atoms with E-state index >= 15 is 0 Å². The number of amides is 1. The second-order valence-electron chi connectivity index (χ2n) is 5.24. The molecule has 6 nitrogen and oxygen atoms in total. The van der Waals surface area contributed by atoms with Crippen molar-refractivity contribution < 1.29 is 9.72 Å². The third kappa shape index (κ3) is 3.79. The predicted octanol–water partition coefficient (Wildman–Crippen LogP) is 2.43. The van der Waals surface area contributed by atoms with Crippen molar-refractivity contribution in [1.29, 1.82) is 0 Å². The van der Waals surface area contributed by atoms with Crippen LogP contribution in [0, 0.1) is 16.0 Å². The van der Waals surface area contributed by atoms with Crippen molar-refractivity contribution in [3.8, 4) is 0 Å². The summed E-state index contributed by atoms with van der Waals surface area (Å²) in [6.07, 6.45) is 2.06. The van der Waals surface area contributed by atoms with Crippen molar-refractivity contribution in [2.45, 2.75) is 12.8 Å². The minimum atomic E-state index is -0.483. The van der Waals surface area contributed by atoms with Gasteiger partial charge >= 0.3 is 0 Å². The molecule has 1 aliphatic rings. The fraction of sp³-hybridized carbons (Fsp3) is 0.500. The molecule has 21 heavy (non-hydrogen) atoms. The summed E-state index contributed by atoms with van der Waals surface area (Å²) in [4.78, 5) is 24.8. The zero-order chi connectivity index (χ0) is 15.4. The normalized spacial score (nSPS) is 18.6. The summed E-state index contributed by atoms with van der Waals surface area (Å²) in [6.45, 7) is 2.27. The van der Waals surface area contributed by atoms with Gasteiger partial charge < -0.3 is 10.2 Å². The number of hydrogen-bond acceptors (Lipinski definition) is 4. The van der Waals surface area contributed by atoms with Crippen LogP contribution in [-0.4, -0.2) is 42.4 Å². The molecule has 1 N–H and O–H groups in total. The van der Waals surface area contributed by atoms with E-state index < -0.39 is 4.92 Å². The summed E-state index contributed by atoms with van der Waals surface area (Å²) in [6, 6.07) is 4.29. The molecule has 0 spiro atoms. The number of hydrogen-bond donors (Lipinski definition) is 1. The molecule has 1 fully saturated rings. The number of piperidine rings is 1. The molecule has 0 aromatic heterocycles. The Morgan fingerprint density at radius 2 is 2.33 bits per heavy atom. The molecule has 114 valence electrons. The van der Waals surface area contributed by atoms with Gasteiger partial charge in [0, 0.05) is 29.7 Å². The largest absolute Gasteiger partial charge is 0.338 e. The van der Waals surface area contributed by atoms with Gasteiger partial charge in [0.1, 0.15) is 0 Å². The average molecular weight is 356 g/mol. The number of benzene rings is 1. The molecule has 1 unspecified atom stereocenters. The van der Waals surface area contributed by atoms with Crippen molar-refractivity contribution in [2.75, 3.05) is 26.7 Å². The molecule has 1 atom stereocenters. The van der Waals surface area contributed by atoms with Gasteiger partial charge in [0.25, 0.3) is 11.6 Å². The standard InChI is InChI=1S/C14H18BrN3O3/c1-16-8-10-3-2-6-17(9-10)14(19)12-7-11(18(20)21)4-5-13(12)15/h4-5,7,10,16H,2-3,6,8-9H2,1H3. The number of carbonyl (C=O) groups is 1. The van der Waals surface area contributed by atoms with Crippen molar-refractivity contribution >= 4 is 27.5 Å². The smallest absolute Gasteiger partial charge is 0.270 e. The Bertz CT molecular complexity index is 548. The van der Waals surface area contributed by atoms with Crippen LogP contribution in [0.15, 0.2) is 22.7 Å². The van der Waals surface area contributed by atoms with E-state index in [1.165, 1.54) is 12.1 Å². The van der Waals surface area contributed by atoms with Crippen LogP contribution < -0.4 is 5.32 Å². The van der Waals surface area contributed by atoms with Crippen molar-refractivity contribution in [1.82, 2.24) is 10.2 Å². The molecule has 1 aromatic rings. The lowest BCUT2D eigenvalue weighted by Gasteiger charge is -2.33. The van der Waals surface area contributed by atoms with Gasteiger partial charge in [-0.25, -0.2) is 0 Å². The van der Waals surface area contributed by atoms with Gasteiger partial charge in [-0.2, -0.15) is 0 Å². The Morgan fingerprint density at radius 3 is 3.00 bits per heavy atom. The first-order chi connectivity index (χ1) is 10.0. The average Bonchev–Trinajstić information content (AvgIpc) is 2.47. The van der Waals surface area contributed by atoms with Crippen LogP contribution in [0.5, 0.6) is 0 Å². The fourth-order valence-corrected chi connectivity index (χ4v) is 3.08. The molecular formula is C14H18BrN3O3. The highest BCUT2D eigenvalue weighted by molar-refractivity contribution is 9.10. The lowest BCUT2D eigenvalue weighted by Crippen LogP contribution is -2.42. The van der Waals surface area contributed by atoms with E-state index in [0.29, 0.717) is 29.0 Å². The lowest BCUT2D eigenvalue weighted by molar-refractivity contribution is -0.384. The van der Waals surface area contributed by atoms with Crippen LogP contribution in [-0.2, 0) is 0 Å². The maximum Gasteiger partial charge on any atom is 0.270 e. The van der Waals surface area contributed by atoms with E-state index in [-0.39, 0.29) is 11.6 Å². The van der Waals surface area contributed by atoms with Crippen LogP contribution in [0.4, 0.5) is 5.69 Å². The van der Waals surface area contributed by atoms with E-state index in [2.05, 4.69) is 21.2 Å². The van der Waals surface area contributed by atoms with E-state index in [1.54, 1.807) is 11.0 Å². The molecule has 2 rings (SSSR count). The SMILES string of the molecule is CNCC1CCCN(C(=O)c2cc([N+](=O)[O-])ccc2Br)C1. The molecule has 7 heteroatoms. The summed E-state index contributed by atoms with van der Waals surface area (Å²) in [5.74, 6) is 0.288. The quantitative estimate of drug-likeness (QED) is 0.664. The Balaban J connectivity index is 2.19. The third-order valence-electron chi connectivity index (χ3n) is 3.69. The first-order valence-corrected chi connectivity index (χ1v) is 7.70. The summed E-state index contributed by atoms with van der Waals surface area (Å²) < 4.78 is 0.592. The molecule has 1 aliphatic heterocycles. The van der Waals surface area contributed by atoms with E-state index in [1.807, 2.05) is 7.05 Å². The first-order valence-electron chi connectivity index (χ1n) is 6.90. The maximum atomic E-state index is 12.6. The van der Waals surface area contributed by atoms with Crippen molar-refractivity contribution in [2.24, 2.45) is 5.92 Å². The molecule has 0 saturated carbocycles. The van der Waals surface area contributed by atoms with Crippen LogP contribution in [0.2, 0.25) is 0 Å². The highest BCUT2D eigenvalue weighted by Gasteiger charge is 2.26. The topological polar surface area (TPSA) is 75.5 Å². The molecule has 1 saturated heterocycles. The van der Waals surface area contributed by atoms with Crippen LogP contribution in [0.3, 0.4) is 0 Å². The molecule has 0 bridgehead atoms. The highest BCUT2D eigenvalue weighted by Crippen LogP contribution is 2.26. The fourth-order valence-electron chi connectivity index (χ4n) is 2.67. The van der Waals surface area contributed by atoms with Crippen molar-refractivity contribution in [3.05, 3.63) is 38.3 Å². The number of likely N-dealkylation sites (tertiary alicyclic amines) is 1. The minimum absolute atomic E-state index is 0.0645. The van der Waals surface area contributed by atoms with Crippen LogP contribution >= 0.6 is 15.9 Å². The maximum absolute atomic E-state index is 12.6. The van der Waals surface area contributed by atoms with Crippen LogP contribution in [0.25, 0.3) is 0 Å². The van der Waals surface area contributed by atoms with Gasteiger partial charge in [0.05, 0.1) is 10.5 Å². The number of non-ortho nitro benzene ring substituents is 1. The zero-order valence-electron chi connectivity index (χ0n) is 11.8. The van der Waals surface area contributed by atoms with E-state index in [9.17, 15) is 14.9 Å². The Kier molecular flexibility index (Phi) is 5.30. The molecule has 1 amide bonds. The monoisotopic (exact) mass is 355 g/mol. The second kappa shape index (κ2) is 7.00. The first kappa shape index (κ1) is 15.9. The number of nitro benzene ring substituents is 1. The number of nitrogens with zero attached hydrogens (tertiary/aromatic N) is 2. The van der Waals surface area contributed by atoms with Crippen molar-refractivity contribution in [3.63, 3.8) is 0 Å². The molecule has 0 radical (unpaired) electrons. The van der Waals surface area contributed by atoms with Gasteiger partial charge in [-0.3, -0.25) is 14.9 Å². The second-order valence-corrected chi connectivity index (χ2v) is 6.09. The number of carbonyl (C=O) groups excluding carboxylic acids is 1. The predicted molar refractivity (Wildman–Crippen MR) is 83.4 cm³/mol. The molecule has 1 heterocycles. The van der Waals surface area contributed by atoms with Gasteiger partial charge in [0.15, 0.2) is 0 Å². The van der Waals surface area contributed by atoms with Crippen LogP contribution in [0.1, 0.15) is 23.2 Å². The third-order valence-corrected chi connectivity index (χ3v) is 4.38.